The van der Waals surface area contributed by atoms with Gasteiger partial charge >= 0.3 is 5.97 Å². The molecule has 0 aliphatic rings. The molecule has 0 bridgehead atoms. The Morgan fingerprint density at radius 1 is 1.08 bits per heavy atom. The first-order valence-corrected chi connectivity index (χ1v) is 8.34. The van der Waals surface area contributed by atoms with E-state index < -0.39 is 18.0 Å². The second-order valence-corrected chi connectivity index (χ2v) is 6.02. The highest BCUT2D eigenvalue weighted by molar-refractivity contribution is 6.31. The average Bonchev–Trinajstić information content (AvgIpc) is 2.60. The number of carbonyl (C=O) groups is 3. The molecule has 0 aromatic heterocycles. The zero-order chi connectivity index (χ0) is 19.1. The van der Waals surface area contributed by atoms with E-state index in [2.05, 4.69) is 10.6 Å². The topological polar surface area (TPSA) is 84.5 Å². The first kappa shape index (κ1) is 19.5. The lowest BCUT2D eigenvalue weighted by Crippen LogP contribution is -2.35. The number of amides is 2. The largest absolute Gasteiger partial charge is 0.449 e. The summed E-state index contributed by atoms with van der Waals surface area (Å²) in [6.45, 7) is 3.13. The van der Waals surface area contributed by atoms with Gasteiger partial charge in [-0.05, 0) is 42.8 Å². The molecule has 0 fully saturated rings. The van der Waals surface area contributed by atoms with Crippen LogP contribution >= 0.6 is 11.6 Å². The van der Waals surface area contributed by atoms with Gasteiger partial charge in [0.25, 0.3) is 5.91 Å². The maximum atomic E-state index is 12.1. The molecule has 0 saturated heterocycles. The monoisotopic (exact) mass is 374 g/mol. The third-order valence-electron chi connectivity index (χ3n) is 3.50. The Kier molecular flexibility index (Phi) is 6.74. The van der Waals surface area contributed by atoms with Crippen molar-refractivity contribution in [2.45, 2.75) is 26.5 Å². The van der Waals surface area contributed by atoms with Crippen molar-refractivity contribution in [3.05, 3.63) is 64.7 Å². The van der Waals surface area contributed by atoms with Gasteiger partial charge in [-0.2, -0.15) is 0 Å². The van der Waals surface area contributed by atoms with Crippen LogP contribution in [0, 0.1) is 0 Å². The molecular formula is C19H19ClN2O4. The molecule has 2 aromatic carbocycles. The molecule has 26 heavy (non-hydrogen) atoms. The highest BCUT2D eigenvalue weighted by Gasteiger charge is 2.19. The predicted octanol–water partition coefficient (Wildman–Crippen LogP) is 3.16. The normalized spacial score (nSPS) is 11.3. The van der Waals surface area contributed by atoms with Gasteiger partial charge < -0.3 is 15.4 Å². The van der Waals surface area contributed by atoms with Gasteiger partial charge in [-0.3, -0.25) is 9.59 Å². The van der Waals surface area contributed by atoms with Crippen LogP contribution in [0.3, 0.4) is 0 Å². The lowest BCUT2D eigenvalue weighted by Gasteiger charge is -2.14. The van der Waals surface area contributed by atoms with Gasteiger partial charge in [0, 0.05) is 24.2 Å². The highest BCUT2D eigenvalue weighted by Crippen LogP contribution is 2.15. The molecule has 1 atom stereocenters. The van der Waals surface area contributed by atoms with Crippen molar-refractivity contribution in [3.63, 3.8) is 0 Å². The van der Waals surface area contributed by atoms with E-state index in [1.54, 1.807) is 30.3 Å². The number of benzene rings is 2. The highest BCUT2D eigenvalue weighted by atomic mass is 35.5. The summed E-state index contributed by atoms with van der Waals surface area (Å²) in [5.41, 5.74) is 1.62. The summed E-state index contributed by atoms with van der Waals surface area (Å²) in [6, 6.07) is 13.4. The fourth-order valence-electron chi connectivity index (χ4n) is 2.14. The van der Waals surface area contributed by atoms with Crippen LogP contribution in [0.25, 0.3) is 0 Å². The van der Waals surface area contributed by atoms with E-state index in [9.17, 15) is 14.4 Å². The van der Waals surface area contributed by atoms with Crippen LogP contribution in [0.1, 0.15) is 29.8 Å². The predicted molar refractivity (Wildman–Crippen MR) is 98.9 cm³/mol. The van der Waals surface area contributed by atoms with Gasteiger partial charge in [0.15, 0.2) is 6.10 Å². The smallest absolute Gasteiger partial charge is 0.338 e. The van der Waals surface area contributed by atoms with Gasteiger partial charge in [0.05, 0.1) is 5.56 Å². The SMILES string of the molecule is CC(=O)Nc1ccc(C(=O)OC(C)C(=O)NCc2ccccc2Cl)cc1. The molecule has 1 unspecified atom stereocenters. The van der Waals surface area contributed by atoms with Crippen LogP contribution in [0.5, 0.6) is 0 Å². The van der Waals surface area contributed by atoms with Gasteiger partial charge in [-0.25, -0.2) is 4.79 Å². The van der Waals surface area contributed by atoms with E-state index in [4.69, 9.17) is 16.3 Å². The molecule has 7 heteroatoms. The van der Waals surface area contributed by atoms with Crippen molar-refractivity contribution < 1.29 is 19.1 Å². The molecule has 136 valence electrons. The third kappa shape index (κ3) is 5.60. The number of carbonyl (C=O) groups excluding carboxylic acids is 3. The number of hydrogen-bond donors (Lipinski definition) is 2. The number of nitrogens with one attached hydrogen (secondary N) is 2. The van der Waals surface area contributed by atoms with Crippen LogP contribution in [0.4, 0.5) is 5.69 Å². The van der Waals surface area contributed by atoms with Gasteiger partial charge in [-0.1, -0.05) is 29.8 Å². The molecular weight excluding hydrogens is 356 g/mol. The fraction of sp³-hybridized carbons (Fsp3) is 0.211. The molecule has 0 aliphatic carbocycles. The van der Waals surface area contributed by atoms with E-state index in [0.29, 0.717) is 10.7 Å². The zero-order valence-electron chi connectivity index (χ0n) is 14.4. The fourth-order valence-corrected chi connectivity index (χ4v) is 2.35. The zero-order valence-corrected chi connectivity index (χ0v) is 15.2. The Hall–Kier alpha value is -2.86. The molecule has 0 heterocycles. The van der Waals surface area contributed by atoms with Gasteiger partial charge in [0.1, 0.15) is 0 Å². The molecule has 0 aliphatic heterocycles. The molecule has 0 saturated carbocycles. The number of hydrogen-bond acceptors (Lipinski definition) is 4. The number of ether oxygens (including phenoxy) is 1. The number of rotatable bonds is 6. The van der Waals surface area contributed by atoms with E-state index in [0.717, 1.165) is 5.56 Å². The van der Waals surface area contributed by atoms with E-state index in [1.165, 1.54) is 26.0 Å². The standard InChI is InChI=1S/C19H19ClN2O4/c1-12(18(24)21-11-15-5-3-4-6-17(15)20)26-19(25)14-7-9-16(10-8-14)22-13(2)23/h3-10,12H,11H2,1-2H3,(H,21,24)(H,22,23). The molecule has 0 spiro atoms. The maximum absolute atomic E-state index is 12.1. The molecule has 2 N–H and O–H groups in total. The van der Waals surface area contributed by atoms with Crippen molar-refractivity contribution in [3.8, 4) is 0 Å². The summed E-state index contributed by atoms with van der Waals surface area (Å²) in [5.74, 6) is -1.25. The van der Waals surface area contributed by atoms with Crippen LogP contribution in [-0.4, -0.2) is 23.9 Å². The minimum atomic E-state index is -0.958. The first-order valence-electron chi connectivity index (χ1n) is 7.96. The average molecular weight is 375 g/mol. The Morgan fingerprint density at radius 2 is 1.73 bits per heavy atom. The van der Waals surface area contributed by atoms with Crippen LogP contribution in [0.2, 0.25) is 5.02 Å². The molecule has 6 nitrogen and oxygen atoms in total. The van der Waals surface area contributed by atoms with Crippen molar-refractivity contribution in [1.29, 1.82) is 0 Å². The summed E-state index contributed by atoms with van der Waals surface area (Å²) in [5, 5.41) is 5.83. The second kappa shape index (κ2) is 9.01. The van der Waals surface area contributed by atoms with Gasteiger partial charge in [0.2, 0.25) is 5.91 Å². The quantitative estimate of drug-likeness (QED) is 0.760. The molecule has 2 rings (SSSR count). The lowest BCUT2D eigenvalue weighted by atomic mass is 10.2. The molecule has 0 radical (unpaired) electrons. The minimum Gasteiger partial charge on any atom is -0.449 e. The van der Waals surface area contributed by atoms with Crippen LogP contribution in [-0.2, 0) is 20.9 Å². The summed E-state index contributed by atoms with van der Waals surface area (Å²) >= 11 is 6.03. The van der Waals surface area contributed by atoms with Crippen LogP contribution in [0.15, 0.2) is 48.5 Å². The Bertz CT molecular complexity index is 805. The minimum absolute atomic E-state index is 0.205. The number of anilines is 1. The summed E-state index contributed by atoms with van der Waals surface area (Å²) in [6.07, 6.45) is -0.958. The number of halogens is 1. The lowest BCUT2D eigenvalue weighted by molar-refractivity contribution is -0.129. The Morgan fingerprint density at radius 3 is 2.35 bits per heavy atom. The van der Waals surface area contributed by atoms with E-state index in [1.807, 2.05) is 6.07 Å². The number of esters is 1. The van der Waals surface area contributed by atoms with Crippen molar-refractivity contribution in [2.24, 2.45) is 0 Å². The second-order valence-electron chi connectivity index (χ2n) is 5.62. The van der Waals surface area contributed by atoms with E-state index in [-0.39, 0.29) is 18.0 Å². The first-order chi connectivity index (χ1) is 12.4. The Labute approximate surface area is 156 Å². The van der Waals surface area contributed by atoms with Crippen molar-refractivity contribution in [1.82, 2.24) is 5.32 Å². The van der Waals surface area contributed by atoms with Gasteiger partial charge in [-0.15, -0.1) is 0 Å². The molecule has 2 aromatic rings. The maximum Gasteiger partial charge on any atom is 0.338 e. The summed E-state index contributed by atoms with van der Waals surface area (Å²) in [7, 11) is 0. The molecule has 2 amide bonds. The Balaban J connectivity index is 1.88. The third-order valence-corrected chi connectivity index (χ3v) is 3.87. The van der Waals surface area contributed by atoms with Crippen molar-refractivity contribution in [2.75, 3.05) is 5.32 Å². The summed E-state index contributed by atoms with van der Waals surface area (Å²) in [4.78, 5) is 35.2. The van der Waals surface area contributed by atoms with Crippen LogP contribution < -0.4 is 10.6 Å². The van der Waals surface area contributed by atoms with Crippen molar-refractivity contribution >= 4 is 35.1 Å². The van der Waals surface area contributed by atoms with E-state index >= 15 is 0 Å². The summed E-state index contributed by atoms with van der Waals surface area (Å²) < 4.78 is 5.17.